The highest BCUT2D eigenvalue weighted by molar-refractivity contribution is 7.89. The van der Waals surface area contributed by atoms with Crippen LogP contribution >= 0.6 is 11.3 Å². The van der Waals surface area contributed by atoms with Crippen molar-refractivity contribution in [1.82, 2.24) is 24.1 Å². The average molecular weight is 720 g/mol. The number of likely N-dealkylation sites (tertiary alicyclic amines) is 1. The minimum Gasteiger partial charge on any atom is -0.344 e. The molecule has 1 aliphatic heterocycles. The summed E-state index contributed by atoms with van der Waals surface area (Å²) in [5.74, 6) is -0.344. The van der Waals surface area contributed by atoms with E-state index in [-0.39, 0.29) is 17.3 Å². The van der Waals surface area contributed by atoms with Gasteiger partial charge in [-0.25, -0.2) is 18.1 Å². The molecule has 3 aromatic heterocycles. The van der Waals surface area contributed by atoms with Crippen molar-refractivity contribution in [1.29, 1.82) is 0 Å². The van der Waals surface area contributed by atoms with Crippen molar-refractivity contribution >= 4 is 54.3 Å². The van der Waals surface area contributed by atoms with Crippen LogP contribution in [0, 0.1) is 12.8 Å². The minimum absolute atomic E-state index is 0.0420. The summed E-state index contributed by atoms with van der Waals surface area (Å²) < 4.78 is 28.9. The molecule has 262 valence electrons. The van der Waals surface area contributed by atoms with Gasteiger partial charge in [-0.15, -0.1) is 11.3 Å². The number of hydrogen-bond donors (Lipinski definition) is 1. The van der Waals surface area contributed by atoms with Crippen molar-refractivity contribution < 1.29 is 18.0 Å². The summed E-state index contributed by atoms with van der Waals surface area (Å²) in [5, 5.41) is 0.957. The molecule has 1 atom stereocenters. The van der Waals surface area contributed by atoms with Gasteiger partial charge < -0.3 is 14.4 Å². The molecule has 1 aliphatic rings. The molecule has 9 nitrogen and oxygen atoms in total. The Morgan fingerprint density at radius 3 is 2.49 bits per heavy atom. The molecule has 3 aromatic carbocycles. The second kappa shape index (κ2) is 14.1. The Morgan fingerprint density at radius 1 is 0.980 bits per heavy atom. The molecule has 4 heterocycles. The summed E-state index contributed by atoms with van der Waals surface area (Å²) in [4.78, 5) is 36.6. The van der Waals surface area contributed by atoms with Crippen LogP contribution in [0.5, 0.6) is 0 Å². The van der Waals surface area contributed by atoms with E-state index in [0.717, 1.165) is 87.0 Å². The van der Waals surface area contributed by atoms with E-state index in [1.807, 2.05) is 77.2 Å². The standard InChI is InChI=1S/C40H41N5O4S2/c1-26-11-8-9-15-31(26)33-19-16-29-21-30(17-18-32(29)41-33)38-37(28-13-6-5-7-14-28)39-34(22-35(50-39)40(47)42-51(4,48)49)45(38)25-36(46)44(3)24-27-12-10-20-43(2)23-27/h5-9,11,13-19,21-22,27H,10,12,20,23-25H2,1-4H3,(H,42,47). The van der Waals surface area contributed by atoms with Crippen molar-refractivity contribution in [2.24, 2.45) is 5.92 Å². The number of fused-ring (bicyclic) bond motifs is 2. The molecule has 11 heteroatoms. The fourth-order valence-corrected chi connectivity index (χ4v) is 8.88. The number of hydrogen-bond acceptors (Lipinski definition) is 7. The summed E-state index contributed by atoms with van der Waals surface area (Å²) in [6, 6.07) is 30.1. The molecule has 0 saturated carbocycles. The van der Waals surface area contributed by atoms with Gasteiger partial charge in [0.15, 0.2) is 0 Å². The number of aromatic nitrogens is 2. The third-order valence-corrected chi connectivity index (χ3v) is 11.4. The highest BCUT2D eigenvalue weighted by Crippen LogP contribution is 2.45. The van der Waals surface area contributed by atoms with Crippen LogP contribution < -0.4 is 4.72 Å². The quantitative estimate of drug-likeness (QED) is 0.172. The van der Waals surface area contributed by atoms with Gasteiger partial charge in [0.1, 0.15) is 6.54 Å². The van der Waals surface area contributed by atoms with Crippen LogP contribution in [0.3, 0.4) is 0 Å². The Bertz CT molecular complexity index is 2380. The number of aryl methyl sites for hydroxylation is 1. The van der Waals surface area contributed by atoms with Crippen molar-refractivity contribution in [2.75, 3.05) is 40.0 Å². The number of benzene rings is 3. The number of carbonyl (C=O) groups is 2. The van der Waals surface area contributed by atoms with E-state index in [2.05, 4.69) is 47.9 Å². The van der Waals surface area contributed by atoms with Gasteiger partial charge in [-0.2, -0.15) is 0 Å². The number of sulfonamides is 1. The van der Waals surface area contributed by atoms with Crippen LogP contribution in [0.2, 0.25) is 0 Å². The van der Waals surface area contributed by atoms with Crippen molar-refractivity contribution in [3.63, 3.8) is 0 Å². The lowest BCUT2D eigenvalue weighted by atomic mass is 9.98. The lowest BCUT2D eigenvalue weighted by Crippen LogP contribution is -2.40. The number of rotatable bonds is 9. The summed E-state index contributed by atoms with van der Waals surface area (Å²) in [5.41, 5.74) is 8.24. The normalized spacial score (nSPS) is 15.3. The maximum atomic E-state index is 14.1. The minimum atomic E-state index is -3.78. The first kappa shape index (κ1) is 34.6. The number of piperidine rings is 1. The molecule has 1 N–H and O–H groups in total. The Balaban J connectivity index is 1.37. The molecule has 1 fully saturated rings. The second-order valence-electron chi connectivity index (χ2n) is 13.7. The maximum Gasteiger partial charge on any atom is 0.274 e. The van der Waals surface area contributed by atoms with Crippen LogP contribution in [-0.4, -0.2) is 79.6 Å². The van der Waals surface area contributed by atoms with E-state index >= 15 is 0 Å². The lowest BCUT2D eigenvalue weighted by Gasteiger charge is -2.32. The van der Waals surface area contributed by atoms with E-state index in [1.54, 1.807) is 6.07 Å². The Kier molecular flexibility index (Phi) is 9.54. The smallest absolute Gasteiger partial charge is 0.274 e. The summed E-state index contributed by atoms with van der Waals surface area (Å²) in [6.07, 6.45) is 3.16. The molecule has 0 aliphatic carbocycles. The molecule has 0 spiro atoms. The average Bonchev–Trinajstić information content (AvgIpc) is 3.66. The lowest BCUT2D eigenvalue weighted by molar-refractivity contribution is -0.131. The van der Waals surface area contributed by atoms with E-state index in [4.69, 9.17) is 4.98 Å². The maximum absolute atomic E-state index is 14.1. The Hall–Kier alpha value is -4.84. The predicted octanol–water partition coefficient (Wildman–Crippen LogP) is 7.05. The number of carbonyl (C=O) groups excluding carboxylic acids is 2. The van der Waals surface area contributed by atoms with Crippen LogP contribution in [-0.2, 0) is 21.4 Å². The first-order valence-corrected chi connectivity index (χ1v) is 19.8. The summed E-state index contributed by atoms with van der Waals surface area (Å²) >= 11 is 1.23. The molecule has 0 radical (unpaired) electrons. The molecule has 0 bridgehead atoms. The van der Waals surface area contributed by atoms with Gasteiger partial charge in [0, 0.05) is 36.7 Å². The number of thiophene rings is 1. The largest absolute Gasteiger partial charge is 0.344 e. The van der Waals surface area contributed by atoms with Crippen LogP contribution in [0.1, 0.15) is 28.1 Å². The predicted molar refractivity (Wildman–Crippen MR) is 206 cm³/mol. The van der Waals surface area contributed by atoms with E-state index < -0.39 is 15.9 Å². The fourth-order valence-electron chi connectivity index (χ4n) is 7.24. The van der Waals surface area contributed by atoms with Gasteiger partial charge in [0.25, 0.3) is 5.91 Å². The number of nitrogens with one attached hydrogen (secondary N) is 1. The SMILES string of the molecule is Cc1ccccc1-c1ccc2cc(-c3c(-c4ccccc4)c4sc(C(=O)NS(C)(=O)=O)cc4n3CC(=O)N(C)CC3CCCN(C)C3)ccc2n1. The highest BCUT2D eigenvalue weighted by atomic mass is 32.2. The van der Waals surface area contributed by atoms with Gasteiger partial charge >= 0.3 is 0 Å². The summed E-state index contributed by atoms with van der Waals surface area (Å²) in [7, 11) is 0.209. The van der Waals surface area contributed by atoms with Gasteiger partial charge in [-0.3, -0.25) is 9.59 Å². The molecule has 6 aromatic rings. The van der Waals surface area contributed by atoms with Crippen LogP contribution in [0.25, 0.3) is 54.8 Å². The number of amides is 2. The number of likely N-dealkylation sites (N-methyl/N-ethyl adjacent to an activating group) is 1. The molecule has 1 saturated heterocycles. The monoisotopic (exact) mass is 719 g/mol. The molecular weight excluding hydrogens is 679 g/mol. The molecule has 2 amide bonds. The fraction of sp³-hybridized carbons (Fsp3) is 0.275. The molecule has 51 heavy (non-hydrogen) atoms. The Labute approximate surface area is 302 Å². The Morgan fingerprint density at radius 2 is 1.75 bits per heavy atom. The molecular formula is C40H41N5O4S2. The summed E-state index contributed by atoms with van der Waals surface area (Å²) in [6.45, 7) is 4.81. The van der Waals surface area contributed by atoms with Gasteiger partial charge in [0.2, 0.25) is 15.9 Å². The van der Waals surface area contributed by atoms with E-state index in [0.29, 0.717) is 18.0 Å². The second-order valence-corrected chi connectivity index (χ2v) is 16.5. The molecule has 1 unspecified atom stereocenters. The van der Waals surface area contributed by atoms with Crippen LogP contribution in [0.4, 0.5) is 0 Å². The zero-order chi connectivity index (χ0) is 35.9. The molecule has 7 rings (SSSR count). The zero-order valence-electron chi connectivity index (χ0n) is 29.2. The first-order valence-electron chi connectivity index (χ1n) is 17.1. The zero-order valence-corrected chi connectivity index (χ0v) is 30.9. The van der Waals surface area contributed by atoms with Crippen molar-refractivity contribution in [2.45, 2.75) is 26.3 Å². The van der Waals surface area contributed by atoms with E-state index in [1.165, 1.54) is 11.3 Å². The van der Waals surface area contributed by atoms with Gasteiger partial charge in [-0.05, 0) is 80.2 Å². The highest BCUT2D eigenvalue weighted by Gasteiger charge is 2.28. The van der Waals surface area contributed by atoms with Crippen molar-refractivity contribution in [3.8, 4) is 33.6 Å². The number of pyridine rings is 1. The van der Waals surface area contributed by atoms with Crippen molar-refractivity contribution in [3.05, 3.63) is 101 Å². The third-order valence-electron chi connectivity index (χ3n) is 9.66. The van der Waals surface area contributed by atoms with Gasteiger partial charge in [-0.1, -0.05) is 66.7 Å². The third kappa shape index (κ3) is 7.33. The van der Waals surface area contributed by atoms with Crippen LogP contribution in [0.15, 0.2) is 91.0 Å². The van der Waals surface area contributed by atoms with E-state index in [9.17, 15) is 18.0 Å². The number of nitrogens with zero attached hydrogens (tertiary/aromatic N) is 4. The first-order chi connectivity index (χ1) is 24.4. The topological polar surface area (TPSA) is 105 Å². The van der Waals surface area contributed by atoms with Gasteiger partial charge in [0.05, 0.1) is 38.3 Å².